The van der Waals surface area contributed by atoms with Gasteiger partial charge in [-0.3, -0.25) is 0 Å². The fourth-order valence-electron chi connectivity index (χ4n) is 1.90. The molecule has 1 atom stereocenters. The van der Waals surface area contributed by atoms with Gasteiger partial charge < -0.3 is 5.32 Å². The van der Waals surface area contributed by atoms with E-state index in [0.717, 1.165) is 18.4 Å². The fraction of sp³-hybridized carbons (Fsp3) is 0.286. The molecule has 2 aromatic rings. The molecule has 0 spiro atoms. The lowest BCUT2D eigenvalue weighted by Crippen LogP contribution is -2.29. The van der Waals surface area contributed by atoms with Crippen LogP contribution < -0.4 is 5.32 Å². The number of benzene rings is 1. The number of halogens is 2. The Balaban J connectivity index is 2.05. The van der Waals surface area contributed by atoms with E-state index in [1.54, 1.807) is 17.4 Å². The lowest BCUT2D eigenvalue weighted by atomic mass is 10.0. The topological polar surface area (TPSA) is 12.0 Å². The van der Waals surface area contributed by atoms with Gasteiger partial charge in [0.15, 0.2) is 0 Å². The number of nitrogens with one attached hydrogen (secondary N) is 1. The predicted molar refractivity (Wildman–Crippen MR) is 76.0 cm³/mol. The van der Waals surface area contributed by atoms with Gasteiger partial charge in [0.1, 0.15) is 5.82 Å². The zero-order valence-corrected chi connectivity index (χ0v) is 11.7. The van der Waals surface area contributed by atoms with Gasteiger partial charge in [0.05, 0.1) is 0 Å². The van der Waals surface area contributed by atoms with Crippen molar-refractivity contribution in [1.82, 2.24) is 5.32 Å². The first kappa shape index (κ1) is 13.5. The Morgan fingerprint density at radius 3 is 2.78 bits per heavy atom. The van der Waals surface area contributed by atoms with E-state index in [-0.39, 0.29) is 5.82 Å². The van der Waals surface area contributed by atoms with Gasteiger partial charge in [-0.15, -0.1) is 11.3 Å². The lowest BCUT2D eigenvalue weighted by Gasteiger charge is -2.16. The zero-order valence-electron chi connectivity index (χ0n) is 10.1. The van der Waals surface area contributed by atoms with Crippen molar-refractivity contribution in [3.05, 3.63) is 57.0 Å². The van der Waals surface area contributed by atoms with Crippen LogP contribution in [0.5, 0.6) is 0 Å². The molecule has 0 saturated carbocycles. The Labute approximate surface area is 116 Å². The van der Waals surface area contributed by atoms with Gasteiger partial charge in [-0.1, -0.05) is 23.7 Å². The van der Waals surface area contributed by atoms with E-state index in [1.165, 1.54) is 17.0 Å². The van der Waals surface area contributed by atoms with Crippen LogP contribution in [-0.2, 0) is 12.8 Å². The minimum Gasteiger partial charge on any atom is -0.316 e. The van der Waals surface area contributed by atoms with Crippen molar-refractivity contribution in [2.24, 2.45) is 0 Å². The summed E-state index contributed by atoms with van der Waals surface area (Å²) in [4.78, 5) is 1.34. The minimum atomic E-state index is -0.289. The number of hydrogen-bond acceptors (Lipinski definition) is 2. The summed E-state index contributed by atoms with van der Waals surface area (Å²) in [5.41, 5.74) is 0.981. The molecular formula is C14H15ClFNS. The van der Waals surface area contributed by atoms with Crippen LogP contribution in [0.1, 0.15) is 10.4 Å². The number of likely N-dealkylation sites (N-methyl/N-ethyl adjacent to an activating group) is 1. The van der Waals surface area contributed by atoms with Crippen molar-refractivity contribution in [2.45, 2.75) is 18.9 Å². The summed E-state index contributed by atoms with van der Waals surface area (Å²) >= 11 is 7.80. The highest BCUT2D eigenvalue weighted by Crippen LogP contribution is 2.20. The Morgan fingerprint density at radius 1 is 1.33 bits per heavy atom. The van der Waals surface area contributed by atoms with E-state index in [4.69, 9.17) is 11.6 Å². The van der Waals surface area contributed by atoms with E-state index in [9.17, 15) is 4.39 Å². The summed E-state index contributed by atoms with van der Waals surface area (Å²) in [7, 11) is 1.94. The molecule has 1 nitrogen and oxygen atoms in total. The summed E-state index contributed by atoms with van der Waals surface area (Å²) in [6, 6.07) is 9.08. The van der Waals surface area contributed by atoms with E-state index in [1.807, 2.05) is 7.05 Å². The van der Waals surface area contributed by atoms with Gasteiger partial charge in [-0.25, -0.2) is 4.39 Å². The van der Waals surface area contributed by atoms with Crippen LogP contribution in [0.25, 0.3) is 0 Å². The first-order valence-corrected chi connectivity index (χ1v) is 7.08. The van der Waals surface area contributed by atoms with Crippen LogP contribution in [0.2, 0.25) is 5.02 Å². The van der Waals surface area contributed by atoms with Gasteiger partial charge in [-0.05, 0) is 49.0 Å². The van der Waals surface area contributed by atoms with Crippen LogP contribution in [0.4, 0.5) is 4.39 Å². The molecule has 1 heterocycles. The summed E-state index contributed by atoms with van der Waals surface area (Å²) in [6.45, 7) is 0. The van der Waals surface area contributed by atoms with Crippen molar-refractivity contribution < 1.29 is 4.39 Å². The van der Waals surface area contributed by atoms with Gasteiger partial charge in [0.2, 0.25) is 0 Å². The smallest absolute Gasteiger partial charge is 0.124 e. The molecule has 18 heavy (non-hydrogen) atoms. The normalized spacial score (nSPS) is 12.6. The van der Waals surface area contributed by atoms with Gasteiger partial charge in [-0.2, -0.15) is 0 Å². The van der Waals surface area contributed by atoms with Crippen molar-refractivity contribution in [1.29, 1.82) is 0 Å². The van der Waals surface area contributed by atoms with E-state index in [0.29, 0.717) is 11.1 Å². The molecule has 0 radical (unpaired) electrons. The molecule has 0 amide bonds. The highest BCUT2D eigenvalue weighted by molar-refractivity contribution is 7.09. The summed E-state index contributed by atoms with van der Waals surface area (Å²) in [5.74, 6) is -0.289. The molecule has 0 aliphatic carbocycles. The maximum absolute atomic E-state index is 13.0. The Morgan fingerprint density at radius 2 is 2.17 bits per heavy atom. The van der Waals surface area contributed by atoms with E-state index >= 15 is 0 Å². The molecule has 0 aliphatic rings. The molecule has 0 bridgehead atoms. The standard InChI is InChI=1S/C14H15ClFNS/c1-17-12(9-13-3-2-6-18-13)7-10-4-5-11(16)8-14(10)15/h2-6,8,12,17H,7,9H2,1H3. The Hall–Kier alpha value is -0.900. The second-order valence-electron chi connectivity index (χ2n) is 4.21. The molecule has 2 rings (SSSR count). The third-order valence-corrected chi connectivity index (χ3v) is 4.17. The Kier molecular flexibility index (Phi) is 4.75. The number of thiophene rings is 1. The van der Waals surface area contributed by atoms with Crippen molar-refractivity contribution in [3.63, 3.8) is 0 Å². The zero-order chi connectivity index (χ0) is 13.0. The average molecular weight is 284 g/mol. The third-order valence-electron chi connectivity index (χ3n) is 2.92. The average Bonchev–Trinajstić information content (AvgIpc) is 2.84. The monoisotopic (exact) mass is 283 g/mol. The molecule has 4 heteroatoms. The molecule has 96 valence electrons. The molecular weight excluding hydrogens is 269 g/mol. The lowest BCUT2D eigenvalue weighted by molar-refractivity contribution is 0.559. The number of hydrogen-bond donors (Lipinski definition) is 1. The second kappa shape index (κ2) is 6.32. The minimum absolute atomic E-state index is 0.289. The van der Waals surface area contributed by atoms with Crippen LogP contribution in [0, 0.1) is 5.82 Å². The van der Waals surface area contributed by atoms with Gasteiger partial charge >= 0.3 is 0 Å². The van der Waals surface area contributed by atoms with E-state index < -0.39 is 0 Å². The summed E-state index contributed by atoms with van der Waals surface area (Å²) < 4.78 is 13.0. The largest absolute Gasteiger partial charge is 0.316 e. The highest BCUT2D eigenvalue weighted by Gasteiger charge is 2.11. The van der Waals surface area contributed by atoms with Crippen molar-refractivity contribution >= 4 is 22.9 Å². The molecule has 0 aliphatic heterocycles. The maximum Gasteiger partial charge on any atom is 0.124 e. The van der Waals surface area contributed by atoms with Gasteiger partial charge in [0.25, 0.3) is 0 Å². The maximum atomic E-state index is 13.0. The van der Waals surface area contributed by atoms with Gasteiger partial charge in [0, 0.05) is 15.9 Å². The third kappa shape index (κ3) is 3.55. The molecule has 1 unspecified atom stereocenters. The van der Waals surface area contributed by atoms with Crippen molar-refractivity contribution in [2.75, 3.05) is 7.05 Å². The quantitative estimate of drug-likeness (QED) is 0.877. The summed E-state index contributed by atoms with van der Waals surface area (Å²) in [5, 5.41) is 5.86. The predicted octanol–water partition coefficient (Wildman–Crippen LogP) is 3.91. The van der Waals surface area contributed by atoms with Crippen LogP contribution in [0.3, 0.4) is 0 Å². The highest BCUT2D eigenvalue weighted by atomic mass is 35.5. The van der Waals surface area contributed by atoms with E-state index in [2.05, 4.69) is 22.8 Å². The van der Waals surface area contributed by atoms with Crippen LogP contribution >= 0.6 is 22.9 Å². The first-order valence-electron chi connectivity index (χ1n) is 5.82. The summed E-state index contributed by atoms with van der Waals surface area (Å²) in [6.07, 6.45) is 1.76. The fourth-order valence-corrected chi connectivity index (χ4v) is 2.93. The molecule has 0 fully saturated rings. The van der Waals surface area contributed by atoms with Crippen LogP contribution in [-0.4, -0.2) is 13.1 Å². The Bertz CT molecular complexity index is 499. The molecule has 1 N–H and O–H groups in total. The molecule has 0 saturated heterocycles. The first-order chi connectivity index (χ1) is 8.69. The van der Waals surface area contributed by atoms with Crippen molar-refractivity contribution in [3.8, 4) is 0 Å². The SMILES string of the molecule is CNC(Cc1cccs1)Cc1ccc(F)cc1Cl. The molecule has 1 aromatic heterocycles. The number of rotatable bonds is 5. The second-order valence-corrected chi connectivity index (χ2v) is 5.65. The van der Waals surface area contributed by atoms with Crippen LogP contribution in [0.15, 0.2) is 35.7 Å². The molecule has 1 aromatic carbocycles.